The van der Waals surface area contributed by atoms with Crippen LogP contribution in [0.4, 0.5) is 26.3 Å². The predicted octanol–water partition coefficient (Wildman–Crippen LogP) is 12.6. The molecule has 0 aliphatic rings. The van der Waals surface area contributed by atoms with Gasteiger partial charge in [-0.2, -0.15) is 38.5 Å². The summed E-state index contributed by atoms with van der Waals surface area (Å²) < 4.78 is 79.8. The Morgan fingerprint density at radius 3 is 1.30 bits per heavy atom. The molecule has 14 heteroatoms. The molecule has 56 heavy (non-hydrogen) atoms. The Hall–Kier alpha value is -3.85. The van der Waals surface area contributed by atoms with E-state index >= 15 is 0 Å². The fraction of sp³-hybridized carbons (Fsp3) is 0.238. The van der Waals surface area contributed by atoms with Crippen LogP contribution in [0.15, 0.2) is 109 Å². The first-order chi connectivity index (χ1) is 26.8. The van der Waals surface area contributed by atoms with Gasteiger partial charge in [0.15, 0.2) is 12.8 Å². The van der Waals surface area contributed by atoms with Crippen molar-refractivity contribution < 1.29 is 56.8 Å². The van der Waals surface area contributed by atoms with Gasteiger partial charge in [0.25, 0.3) is 0 Å². The van der Waals surface area contributed by atoms with Gasteiger partial charge >= 0.3 is 57.8 Å². The van der Waals surface area contributed by atoms with Crippen molar-refractivity contribution in [3.05, 3.63) is 131 Å². The Morgan fingerprint density at radius 2 is 0.964 bits per heavy atom. The summed E-state index contributed by atoms with van der Waals surface area (Å²) in [6.45, 7) is 4.27. The summed E-state index contributed by atoms with van der Waals surface area (Å²) in [7, 11) is 11.0. The van der Waals surface area contributed by atoms with Crippen molar-refractivity contribution in [3.8, 4) is 22.3 Å². The third-order valence-electron chi connectivity index (χ3n) is 8.61. The van der Waals surface area contributed by atoms with E-state index in [0.717, 1.165) is 79.8 Å². The van der Waals surface area contributed by atoms with Crippen LogP contribution in [0.5, 0.6) is 0 Å². The van der Waals surface area contributed by atoms with E-state index in [0.29, 0.717) is 23.9 Å². The van der Waals surface area contributed by atoms with Crippen LogP contribution in [0.3, 0.4) is 0 Å². The van der Waals surface area contributed by atoms with E-state index in [1.807, 2.05) is 36.4 Å². The summed E-state index contributed by atoms with van der Waals surface area (Å²) in [5.41, 5.74) is 3.03. The van der Waals surface area contributed by atoms with Gasteiger partial charge in [-0.1, -0.05) is 99.2 Å². The Kier molecular flexibility index (Phi) is 19.4. The molecule has 0 saturated carbocycles. The predicted molar refractivity (Wildman–Crippen MR) is 213 cm³/mol. The van der Waals surface area contributed by atoms with E-state index in [2.05, 4.69) is 36.4 Å². The van der Waals surface area contributed by atoms with Gasteiger partial charge in [-0.15, -0.1) is 69.1 Å². The summed E-state index contributed by atoms with van der Waals surface area (Å²) in [5, 5.41) is 8.01. The minimum absolute atomic E-state index is 0.248. The van der Waals surface area contributed by atoms with Crippen LogP contribution in [0, 0.1) is 0 Å². The van der Waals surface area contributed by atoms with Crippen molar-refractivity contribution >= 4 is 58.9 Å². The number of fused-ring (bicyclic) bond motifs is 2. The SMILES string of the molecule is CCCCc1cc2c(-c3ccccc3C(F)(F)F)cccc2[cH-]1.CCCCc1cc2c(-c3ccccc3C(F)(F)F)cccc2[cH-]1.O=CN[B]NC=O.[Cl][Zr+2][Cl]. The average Bonchev–Trinajstić information content (AvgIpc) is 3.80. The number of unbranched alkanes of at least 4 members (excludes halogenated alkanes) is 2. The molecule has 0 aromatic heterocycles. The summed E-state index contributed by atoms with van der Waals surface area (Å²) in [6.07, 6.45) is -1.48. The number of carbonyl (C=O) groups is 2. The third-order valence-corrected chi connectivity index (χ3v) is 8.61. The normalized spacial score (nSPS) is 10.8. The summed E-state index contributed by atoms with van der Waals surface area (Å²) in [6, 6.07) is 31.0. The van der Waals surface area contributed by atoms with Crippen molar-refractivity contribution in [3.63, 3.8) is 0 Å². The van der Waals surface area contributed by atoms with E-state index in [4.69, 9.17) is 17.0 Å². The molecule has 2 N–H and O–H groups in total. The maximum atomic E-state index is 13.3. The van der Waals surface area contributed by atoms with Gasteiger partial charge < -0.3 is 10.5 Å². The number of aryl methyl sites for hydroxylation is 2. The van der Waals surface area contributed by atoms with Gasteiger partial charge in [0.1, 0.15) is 0 Å². The molecule has 0 atom stereocenters. The average molecular weight is 892 g/mol. The molecule has 0 fully saturated rings. The van der Waals surface area contributed by atoms with E-state index < -0.39 is 44.3 Å². The molecule has 0 aliphatic heterocycles. The Labute approximate surface area is 342 Å². The first-order valence-electron chi connectivity index (χ1n) is 17.7. The van der Waals surface area contributed by atoms with Gasteiger partial charge in [-0.25, -0.2) is 0 Å². The standard InChI is InChI=1S/2C20H18F3.C2H4BN2O2.2ClH.Zr/c2*1-2-3-7-14-12-15-8-6-10-16(18(15)13-14)17-9-4-5-11-19(17)20(21,22)23;6-1-4-3-5-2-7;;;/h2*4-6,8-13H,2-3,7H2,1H3;1-2H,(H,4,6)(H,5,7);2*1H;/q2*-1;;;;+4/p-2. The molecule has 0 saturated heterocycles. The second-order valence-electron chi connectivity index (χ2n) is 12.4. The molecule has 0 heterocycles. The van der Waals surface area contributed by atoms with Crippen LogP contribution in [0.2, 0.25) is 0 Å². The Bertz CT molecular complexity index is 1970. The second-order valence-corrected chi connectivity index (χ2v) is 16.2. The number of amides is 2. The number of hydrogen-bond acceptors (Lipinski definition) is 2. The first kappa shape index (κ1) is 46.5. The van der Waals surface area contributed by atoms with E-state index in [-0.39, 0.29) is 11.1 Å². The Balaban J connectivity index is 0.000000243. The zero-order chi connectivity index (χ0) is 41.1. The number of alkyl halides is 6. The molecule has 0 spiro atoms. The monoisotopic (exact) mass is 889 g/mol. The van der Waals surface area contributed by atoms with Gasteiger partial charge in [0.05, 0.1) is 11.1 Å². The molecule has 0 bridgehead atoms. The fourth-order valence-corrected chi connectivity index (χ4v) is 6.16. The maximum absolute atomic E-state index is 13.3. The van der Waals surface area contributed by atoms with Crippen molar-refractivity contribution in [1.82, 2.24) is 10.5 Å². The molecule has 6 rings (SSSR count). The number of hydrogen-bond donors (Lipinski definition) is 2. The van der Waals surface area contributed by atoms with Gasteiger partial charge in [-0.05, 0) is 36.1 Å². The van der Waals surface area contributed by atoms with E-state index in [9.17, 15) is 35.9 Å². The van der Waals surface area contributed by atoms with Crippen LogP contribution < -0.4 is 10.5 Å². The molecule has 293 valence electrons. The van der Waals surface area contributed by atoms with Gasteiger partial charge in [0, 0.05) is 0 Å². The number of halogens is 8. The summed E-state index contributed by atoms with van der Waals surface area (Å²) in [5.74, 6) is 0. The molecule has 6 aromatic carbocycles. The van der Waals surface area contributed by atoms with Gasteiger partial charge in [-0.3, -0.25) is 9.59 Å². The minimum atomic E-state index is -4.35. The van der Waals surface area contributed by atoms with Crippen molar-refractivity contribution in [1.29, 1.82) is 0 Å². The number of carbonyl (C=O) groups excluding carboxylic acids is 2. The molecule has 2 amide bonds. The third kappa shape index (κ3) is 13.7. The quantitative estimate of drug-likeness (QED) is 0.0423. The molecule has 1 radical (unpaired) electrons. The topological polar surface area (TPSA) is 58.2 Å². The second kappa shape index (κ2) is 23.4. The van der Waals surface area contributed by atoms with Crippen LogP contribution in [-0.4, -0.2) is 20.4 Å². The molecular weight excluding hydrogens is 851 g/mol. The number of nitrogens with one attached hydrogen (secondary N) is 2. The van der Waals surface area contributed by atoms with Crippen molar-refractivity contribution in [2.24, 2.45) is 0 Å². The fourth-order valence-electron chi connectivity index (χ4n) is 6.16. The van der Waals surface area contributed by atoms with Crippen LogP contribution in [0.25, 0.3) is 43.8 Å². The first-order valence-corrected chi connectivity index (χ1v) is 24.0. The summed E-state index contributed by atoms with van der Waals surface area (Å²) in [4.78, 5) is 18.8. The molecular formula is C42H40BCl2F6N2O2Zr. The zero-order valence-electron chi connectivity index (χ0n) is 30.7. The molecule has 0 aliphatic carbocycles. The van der Waals surface area contributed by atoms with E-state index in [1.54, 1.807) is 36.4 Å². The Morgan fingerprint density at radius 1 is 0.607 bits per heavy atom. The van der Waals surface area contributed by atoms with E-state index in [1.165, 1.54) is 23.3 Å². The summed E-state index contributed by atoms with van der Waals surface area (Å²) >= 11 is -0.826. The van der Waals surface area contributed by atoms with Crippen molar-refractivity contribution in [2.45, 2.75) is 64.7 Å². The van der Waals surface area contributed by atoms with Gasteiger partial charge in [0.2, 0.25) is 0 Å². The number of benzene rings is 4. The molecule has 6 aromatic rings. The van der Waals surface area contributed by atoms with Crippen LogP contribution in [0.1, 0.15) is 61.8 Å². The molecule has 4 nitrogen and oxygen atoms in total. The number of rotatable bonds is 12. The van der Waals surface area contributed by atoms with Crippen LogP contribution >= 0.6 is 17.0 Å². The van der Waals surface area contributed by atoms with Crippen LogP contribution in [-0.2, 0) is 55.6 Å². The molecule has 0 unspecified atom stereocenters. The van der Waals surface area contributed by atoms with Crippen molar-refractivity contribution in [2.75, 3.05) is 0 Å². The zero-order valence-corrected chi connectivity index (χ0v) is 34.7.